The van der Waals surface area contributed by atoms with Crippen LogP contribution < -0.4 is 0 Å². The second-order valence-electron chi connectivity index (χ2n) is 8.07. The Balaban J connectivity index is 2.16. The highest BCUT2D eigenvalue weighted by Gasteiger charge is 2.42. The fourth-order valence-corrected chi connectivity index (χ4v) is 4.32. The minimum Gasteiger partial charge on any atom is -0.413 e. The lowest BCUT2D eigenvalue weighted by atomic mass is 9.95. The van der Waals surface area contributed by atoms with Crippen LogP contribution in [0.25, 0.3) is 0 Å². The number of hydrogen-bond acceptors (Lipinski definition) is 1. The van der Waals surface area contributed by atoms with Crippen molar-refractivity contribution in [3.05, 3.63) is 35.4 Å². The minimum atomic E-state index is -4.27. The van der Waals surface area contributed by atoms with Crippen LogP contribution in [-0.2, 0) is 10.6 Å². The number of alkyl halides is 3. The Hall–Kier alpha value is -0.813. The highest BCUT2D eigenvalue weighted by Crippen LogP contribution is 2.44. The van der Waals surface area contributed by atoms with E-state index in [9.17, 15) is 13.2 Å². The molecule has 1 fully saturated rings. The van der Waals surface area contributed by atoms with Gasteiger partial charge >= 0.3 is 6.18 Å². The Morgan fingerprint density at radius 3 is 2.04 bits per heavy atom. The molecule has 23 heavy (non-hydrogen) atoms. The zero-order chi connectivity index (χ0) is 17.5. The van der Waals surface area contributed by atoms with Crippen LogP contribution in [0.1, 0.15) is 57.1 Å². The lowest BCUT2D eigenvalue weighted by Gasteiger charge is -2.40. The maximum absolute atomic E-state index is 12.7. The first kappa shape index (κ1) is 18.5. The summed E-state index contributed by atoms with van der Waals surface area (Å²) in [5.41, 5.74) is 0.389. The zero-order valence-electron chi connectivity index (χ0n) is 14.6. The molecule has 0 radical (unpaired) electrons. The molecule has 0 bridgehead atoms. The molecule has 2 rings (SSSR count). The molecular weight excluding hydrogens is 317 g/mol. The molecule has 5 heteroatoms. The van der Waals surface area contributed by atoms with Crippen molar-refractivity contribution in [2.24, 2.45) is 0 Å². The molecule has 0 aliphatic heterocycles. The highest BCUT2D eigenvalue weighted by molar-refractivity contribution is 6.74. The smallest absolute Gasteiger partial charge is 0.413 e. The third-order valence-electron chi connectivity index (χ3n) is 5.37. The molecule has 1 saturated carbocycles. The summed E-state index contributed by atoms with van der Waals surface area (Å²) in [5, 5.41) is 0.139. The van der Waals surface area contributed by atoms with Crippen LogP contribution in [0.2, 0.25) is 18.1 Å². The minimum absolute atomic E-state index is 0.132. The first-order chi connectivity index (χ1) is 10.4. The lowest BCUT2D eigenvalue weighted by molar-refractivity contribution is -0.137. The summed E-state index contributed by atoms with van der Waals surface area (Å²) >= 11 is 0. The van der Waals surface area contributed by atoms with Crippen LogP contribution in [-0.4, -0.2) is 14.4 Å². The average Bonchev–Trinajstić information content (AvgIpc) is 2.84. The molecule has 0 spiro atoms. The van der Waals surface area contributed by atoms with Crippen molar-refractivity contribution in [3.63, 3.8) is 0 Å². The van der Waals surface area contributed by atoms with Crippen LogP contribution >= 0.6 is 0 Å². The molecule has 1 aliphatic rings. The Kier molecular flexibility index (Phi) is 5.03. The molecule has 0 N–H and O–H groups in total. The normalized spacial score (nSPS) is 23.3. The fourth-order valence-electron chi connectivity index (χ4n) is 2.92. The molecule has 0 amide bonds. The SMILES string of the molecule is CC(C)(C)[Si](C)(C)O[C@@H]1CCC[C@H]1c1ccc(C(F)(F)F)cc1. The lowest BCUT2D eigenvalue weighted by Crippen LogP contribution is -2.44. The molecule has 0 unspecified atom stereocenters. The van der Waals surface area contributed by atoms with Crippen molar-refractivity contribution in [2.45, 2.75) is 76.4 Å². The molecule has 130 valence electrons. The number of rotatable bonds is 3. The molecule has 0 heterocycles. The monoisotopic (exact) mass is 344 g/mol. The van der Waals surface area contributed by atoms with Gasteiger partial charge in [0.2, 0.25) is 0 Å². The van der Waals surface area contributed by atoms with E-state index in [2.05, 4.69) is 33.9 Å². The summed E-state index contributed by atoms with van der Waals surface area (Å²) in [6.07, 6.45) is -1.08. The third kappa shape index (κ3) is 4.18. The first-order valence-electron chi connectivity index (χ1n) is 8.27. The Bertz CT molecular complexity index is 529. The quantitative estimate of drug-likeness (QED) is 0.579. The second kappa shape index (κ2) is 6.24. The van der Waals surface area contributed by atoms with Gasteiger partial charge in [0.25, 0.3) is 0 Å². The molecule has 1 aromatic rings. The molecule has 0 aromatic heterocycles. The van der Waals surface area contributed by atoms with E-state index in [-0.39, 0.29) is 17.1 Å². The Morgan fingerprint density at radius 1 is 1.00 bits per heavy atom. The topological polar surface area (TPSA) is 9.23 Å². The Labute approximate surface area is 138 Å². The number of halogens is 3. The largest absolute Gasteiger partial charge is 0.416 e. The van der Waals surface area contributed by atoms with Gasteiger partial charge in [0.15, 0.2) is 8.32 Å². The summed E-state index contributed by atoms with van der Waals surface area (Å²) < 4.78 is 44.7. The van der Waals surface area contributed by atoms with Crippen molar-refractivity contribution < 1.29 is 17.6 Å². The maximum Gasteiger partial charge on any atom is 0.416 e. The van der Waals surface area contributed by atoms with Crippen LogP contribution in [0, 0.1) is 0 Å². The second-order valence-corrected chi connectivity index (χ2v) is 12.8. The van der Waals surface area contributed by atoms with Crippen LogP contribution in [0.5, 0.6) is 0 Å². The predicted octanol–water partition coefficient (Wildman–Crippen LogP) is 6.36. The summed E-state index contributed by atoms with van der Waals surface area (Å²) in [6, 6.07) is 5.63. The van der Waals surface area contributed by atoms with Crippen molar-refractivity contribution in [1.29, 1.82) is 0 Å². The molecule has 1 aliphatic carbocycles. The summed E-state index contributed by atoms with van der Waals surface area (Å²) in [6.45, 7) is 11.1. The fraction of sp³-hybridized carbons (Fsp3) is 0.667. The zero-order valence-corrected chi connectivity index (χ0v) is 15.6. The van der Waals surface area contributed by atoms with E-state index in [1.54, 1.807) is 12.1 Å². The van der Waals surface area contributed by atoms with Gasteiger partial charge in [-0.15, -0.1) is 0 Å². The number of hydrogen-bond donors (Lipinski definition) is 0. The van der Waals surface area contributed by atoms with Gasteiger partial charge in [-0.05, 0) is 48.7 Å². The molecule has 1 nitrogen and oxygen atoms in total. The number of benzene rings is 1. The maximum atomic E-state index is 12.7. The molecule has 2 atom stereocenters. The van der Waals surface area contributed by atoms with Gasteiger partial charge < -0.3 is 4.43 Å². The van der Waals surface area contributed by atoms with Gasteiger partial charge in [0.05, 0.1) is 11.7 Å². The van der Waals surface area contributed by atoms with Crippen LogP contribution in [0.15, 0.2) is 24.3 Å². The van der Waals surface area contributed by atoms with Crippen molar-refractivity contribution in [1.82, 2.24) is 0 Å². The van der Waals surface area contributed by atoms with Gasteiger partial charge in [0.1, 0.15) is 0 Å². The van der Waals surface area contributed by atoms with Gasteiger partial charge in [-0.3, -0.25) is 0 Å². The van der Waals surface area contributed by atoms with Gasteiger partial charge in [-0.1, -0.05) is 39.3 Å². The molecular formula is C18H27F3OSi. The summed E-state index contributed by atoms with van der Waals surface area (Å²) in [4.78, 5) is 0. The van der Waals surface area contributed by atoms with Crippen molar-refractivity contribution in [2.75, 3.05) is 0 Å². The Morgan fingerprint density at radius 2 is 1.57 bits per heavy atom. The third-order valence-corrected chi connectivity index (χ3v) is 9.88. The van der Waals surface area contributed by atoms with E-state index in [4.69, 9.17) is 4.43 Å². The van der Waals surface area contributed by atoms with E-state index < -0.39 is 20.1 Å². The summed E-state index contributed by atoms with van der Waals surface area (Å²) in [7, 11) is -1.87. The molecule has 0 saturated heterocycles. The van der Waals surface area contributed by atoms with Gasteiger partial charge in [0, 0.05) is 5.92 Å². The standard InChI is InChI=1S/C18H27F3OSi/c1-17(2,3)23(4,5)22-16-8-6-7-15(16)13-9-11-14(12-10-13)18(19,20)21/h9-12,15-16H,6-8H2,1-5H3/t15-,16+/m0/s1. The van der Waals surface area contributed by atoms with E-state index in [1.165, 1.54) is 12.1 Å². The predicted molar refractivity (Wildman–Crippen MR) is 90.1 cm³/mol. The average molecular weight is 344 g/mol. The van der Waals surface area contributed by atoms with Crippen LogP contribution in [0.4, 0.5) is 13.2 Å². The first-order valence-corrected chi connectivity index (χ1v) is 11.2. The van der Waals surface area contributed by atoms with E-state index >= 15 is 0 Å². The van der Waals surface area contributed by atoms with Gasteiger partial charge in [-0.2, -0.15) is 13.2 Å². The van der Waals surface area contributed by atoms with Crippen molar-refractivity contribution >= 4 is 8.32 Å². The van der Waals surface area contributed by atoms with Gasteiger partial charge in [-0.25, -0.2) is 0 Å². The van der Waals surface area contributed by atoms with E-state index in [1.807, 2.05) is 0 Å². The van der Waals surface area contributed by atoms with Crippen LogP contribution in [0.3, 0.4) is 0 Å². The molecule has 1 aromatic carbocycles. The van der Waals surface area contributed by atoms with E-state index in [0.29, 0.717) is 0 Å². The van der Waals surface area contributed by atoms with E-state index in [0.717, 1.165) is 24.8 Å². The van der Waals surface area contributed by atoms with Crippen molar-refractivity contribution in [3.8, 4) is 0 Å². The summed E-state index contributed by atoms with van der Waals surface area (Å²) in [5.74, 6) is 0.214. The highest BCUT2D eigenvalue weighted by atomic mass is 28.4.